The lowest BCUT2D eigenvalue weighted by atomic mass is 10.1. The van der Waals surface area contributed by atoms with Crippen LogP contribution in [0.2, 0.25) is 0 Å². The van der Waals surface area contributed by atoms with E-state index in [-0.39, 0.29) is 12.4 Å². The predicted octanol–water partition coefficient (Wildman–Crippen LogP) is 4.73. The van der Waals surface area contributed by atoms with Gasteiger partial charge in [0.25, 0.3) is 5.89 Å². The Hall–Kier alpha value is -3.39. The van der Waals surface area contributed by atoms with Crippen LogP contribution in [-0.4, -0.2) is 34.3 Å². The van der Waals surface area contributed by atoms with Crippen LogP contribution in [0, 0.1) is 6.92 Å². The fraction of sp³-hybridized carbons (Fsp3) is 0.238. The van der Waals surface area contributed by atoms with Crippen molar-refractivity contribution in [3.8, 4) is 23.0 Å². The third-order valence-corrected chi connectivity index (χ3v) is 4.50. The van der Waals surface area contributed by atoms with Gasteiger partial charge in [0, 0.05) is 47.6 Å². The van der Waals surface area contributed by atoms with Crippen LogP contribution in [0.15, 0.2) is 41.1 Å². The fourth-order valence-electron chi connectivity index (χ4n) is 3.00. The van der Waals surface area contributed by atoms with Gasteiger partial charge in [-0.05, 0) is 19.1 Å². The predicted molar refractivity (Wildman–Crippen MR) is 117 cm³/mol. The number of pyridine rings is 2. The van der Waals surface area contributed by atoms with E-state index in [2.05, 4.69) is 25.4 Å². The number of nitrogens with one attached hydrogen (secondary N) is 1. The molecule has 156 valence electrons. The molecule has 0 atom stereocenters. The highest BCUT2D eigenvalue weighted by Crippen LogP contribution is 2.36. The Morgan fingerprint density at radius 1 is 1.03 bits per heavy atom. The van der Waals surface area contributed by atoms with Gasteiger partial charge in [-0.1, -0.05) is 12.1 Å². The van der Waals surface area contributed by atoms with Crippen LogP contribution in [-0.2, 0) is 6.42 Å². The Kier molecular flexibility index (Phi) is 6.37. The molecule has 0 radical (unpaired) electrons. The number of fused-ring (bicyclic) bond motifs is 1. The number of rotatable bonds is 6. The summed E-state index contributed by atoms with van der Waals surface area (Å²) in [5, 5.41) is 8.29. The van der Waals surface area contributed by atoms with Crippen LogP contribution in [0.4, 0.5) is 11.4 Å². The molecule has 0 fully saturated rings. The van der Waals surface area contributed by atoms with Crippen LogP contribution in [0.3, 0.4) is 0 Å². The van der Waals surface area contributed by atoms with E-state index in [9.17, 15) is 0 Å². The highest BCUT2D eigenvalue weighted by atomic mass is 35.5. The summed E-state index contributed by atoms with van der Waals surface area (Å²) in [7, 11) is 3.23. The lowest BCUT2D eigenvalue weighted by Crippen LogP contribution is -1.99. The van der Waals surface area contributed by atoms with Crippen molar-refractivity contribution in [1.29, 1.82) is 0 Å². The molecule has 0 saturated carbocycles. The Morgan fingerprint density at radius 3 is 2.40 bits per heavy atom. The normalized spacial score (nSPS) is 10.5. The smallest absolute Gasteiger partial charge is 0.261 e. The minimum Gasteiger partial charge on any atom is -0.497 e. The maximum Gasteiger partial charge on any atom is 0.261 e. The van der Waals surface area contributed by atoms with E-state index in [1.54, 1.807) is 20.4 Å². The van der Waals surface area contributed by atoms with E-state index in [1.165, 1.54) is 0 Å². The number of aromatic nitrogens is 4. The first kappa shape index (κ1) is 21.3. The SMILES string of the molecule is CCc1noc(-c2cnc3nc(C)ccc3c2Nc2cc(OC)cc(OC)c2)n1.Cl. The lowest BCUT2D eigenvalue weighted by Gasteiger charge is -2.14. The monoisotopic (exact) mass is 427 g/mol. The van der Waals surface area contributed by atoms with Gasteiger partial charge in [0.2, 0.25) is 0 Å². The van der Waals surface area contributed by atoms with Crippen LogP contribution >= 0.6 is 12.4 Å². The van der Waals surface area contributed by atoms with Gasteiger partial charge >= 0.3 is 0 Å². The van der Waals surface area contributed by atoms with Crippen molar-refractivity contribution in [3.05, 3.63) is 48.0 Å². The third-order valence-electron chi connectivity index (χ3n) is 4.50. The highest BCUT2D eigenvalue weighted by molar-refractivity contribution is 5.98. The van der Waals surface area contributed by atoms with Gasteiger partial charge in [-0.15, -0.1) is 12.4 Å². The van der Waals surface area contributed by atoms with Crippen LogP contribution in [0.25, 0.3) is 22.5 Å². The van der Waals surface area contributed by atoms with Crippen molar-refractivity contribution in [2.75, 3.05) is 19.5 Å². The van der Waals surface area contributed by atoms with Crippen molar-refractivity contribution >= 4 is 34.8 Å². The molecule has 8 nitrogen and oxygen atoms in total. The number of aryl methyl sites for hydroxylation is 2. The molecule has 1 aromatic carbocycles. The van der Waals surface area contributed by atoms with Crippen LogP contribution in [0.1, 0.15) is 18.4 Å². The number of anilines is 2. The summed E-state index contributed by atoms with van der Waals surface area (Å²) < 4.78 is 16.2. The van der Waals surface area contributed by atoms with Crippen molar-refractivity contribution in [1.82, 2.24) is 20.1 Å². The number of methoxy groups -OCH3 is 2. The summed E-state index contributed by atoms with van der Waals surface area (Å²) in [5.74, 6) is 2.38. The first-order chi connectivity index (χ1) is 14.1. The van der Waals surface area contributed by atoms with Gasteiger partial charge in [-0.2, -0.15) is 4.98 Å². The topological polar surface area (TPSA) is 95.2 Å². The van der Waals surface area contributed by atoms with Crippen molar-refractivity contribution in [2.45, 2.75) is 20.3 Å². The molecule has 4 rings (SSSR count). The molecule has 0 saturated heterocycles. The zero-order valence-corrected chi connectivity index (χ0v) is 17.9. The highest BCUT2D eigenvalue weighted by Gasteiger charge is 2.18. The first-order valence-electron chi connectivity index (χ1n) is 9.20. The number of ether oxygens (including phenoxy) is 2. The summed E-state index contributed by atoms with van der Waals surface area (Å²) in [5.41, 5.74) is 3.76. The lowest BCUT2D eigenvalue weighted by molar-refractivity contribution is 0.395. The molecule has 0 unspecified atom stereocenters. The molecule has 1 N–H and O–H groups in total. The molecule has 0 aliphatic heterocycles. The summed E-state index contributed by atoms with van der Waals surface area (Å²) >= 11 is 0. The minimum absolute atomic E-state index is 0. The second kappa shape index (κ2) is 8.96. The van der Waals surface area contributed by atoms with E-state index >= 15 is 0 Å². The standard InChI is InChI=1S/C21H21N5O3.ClH/c1-5-18-25-21(29-26-18)17-11-22-20-16(7-6-12(2)23-20)19(17)24-13-8-14(27-3)10-15(9-13)28-4;/h6-11H,5H2,1-4H3,(H,22,23,24);1H. The molecule has 3 heterocycles. The molecule has 0 aliphatic rings. The van der Waals surface area contributed by atoms with Crippen molar-refractivity contribution in [3.63, 3.8) is 0 Å². The quantitative estimate of drug-likeness (QED) is 0.471. The average Bonchev–Trinajstić information content (AvgIpc) is 3.22. The Labute approximate surface area is 180 Å². The van der Waals surface area contributed by atoms with Gasteiger partial charge in [-0.25, -0.2) is 9.97 Å². The summed E-state index contributed by atoms with van der Waals surface area (Å²) in [4.78, 5) is 13.5. The number of hydrogen-bond acceptors (Lipinski definition) is 8. The number of benzene rings is 1. The second-order valence-corrected chi connectivity index (χ2v) is 6.47. The molecule has 0 bridgehead atoms. The fourth-order valence-corrected chi connectivity index (χ4v) is 3.00. The molecular formula is C21H22ClN5O3. The molecule has 0 spiro atoms. The zero-order chi connectivity index (χ0) is 20.4. The molecule has 3 aromatic heterocycles. The maximum atomic E-state index is 5.47. The first-order valence-corrected chi connectivity index (χ1v) is 9.20. The molecule has 9 heteroatoms. The van der Waals surface area contributed by atoms with Crippen molar-refractivity contribution < 1.29 is 14.0 Å². The van der Waals surface area contributed by atoms with E-state index < -0.39 is 0 Å². The van der Waals surface area contributed by atoms with E-state index in [0.29, 0.717) is 40.8 Å². The Morgan fingerprint density at radius 2 is 1.77 bits per heavy atom. The van der Waals surface area contributed by atoms with Crippen LogP contribution < -0.4 is 14.8 Å². The Bertz CT molecular complexity index is 1160. The summed E-state index contributed by atoms with van der Waals surface area (Å²) in [6.07, 6.45) is 2.38. The average molecular weight is 428 g/mol. The van der Waals surface area contributed by atoms with E-state index in [0.717, 1.165) is 22.5 Å². The second-order valence-electron chi connectivity index (χ2n) is 6.47. The number of halogens is 1. The van der Waals surface area contributed by atoms with E-state index in [1.807, 2.05) is 44.2 Å². The van der Waals surface area contributed by atoms with Gasteiger partial charge in [0.1, 0.15) is 11.5 Å². The van der Waals surface area contributed by atoms with Crippen LogP contribution in [0.5, 0.6) is 11.5 Å². The third kappa shape index (κ3) is 4.13. The zero-order valence-electron chi connectivity index (χ0n) is 17.1. The molecule has 4 aromatic rings. The minimum atomic E-state index is 0. The van der Waals surface area contributed by atoms with Gasteiger partial charge in [-0.3, -0.25) is 0 Å². The molecular weight excluding hydrogens is 406 g/mol. The summed E-state index contributed by atoms with van der Waals surface area (Å²) in [6.45, 7) is 3.91. The van der Waals surface area contributed by atoms with Gasteiger partial charge < -0.3 is 19.3 Å². The molecule has 0 amide bonds. The molecule has 0 aliphatic carbocycles. The summed E-state index contributed by atoms with van der Waals surface area (Å²) in [6, 6.07) is 9.49. The largest absolute Gasteiger partial charge is 0.497 e. The van der Waals surface area contributed by atoms with Crippen molar-refractivity contribution in [2.24, 2.45) is 0 Å². The van der Waals surface area contributed by atoms with Gasteiger partial charge in [0.15, 0.2) is 11.5 Å². The Balaban J connectivity index is 0.00000256. The molecule has 30 heavy (non-hydrogen) atoms. The maximum absolute atomic E-state index is 5.47. The van der Waals surface area contributed by atoms with E-state index in [4.69, 9.17) is 14.0 Å². The number of hydrogen-bond donors (Lipinski definition) is 1. The number of nitrogens with zero attached hydrogens (tertiary/aromatic N) is 4. The van der Waals surface area contributed by atoms with Gasteiger partial charge in [0.05, 0.1) is 25.5 Å².